The minimum Gasteiger partial charge on any atom is -0.444 e. The number of ether oxygens (including phenoxy) is 1. The van der Waals surface area contributed by atoms with Crippen LogP contribution in [0.25, 0.3) is 22.6 Å². The summed E-state index contributed by atoms with van der Waals surface area (Å²) in [4.78, 5) is 49.1. The number of nitrogens with one attached hydrogen (secondary N) is 3. The number of imidazole rings is 1. The van der Waals surface area contributed by atoms with Crippen molar-refractivity contribution in [3.05, 3.63) is 63.2 Å². The van der Waals surface area contributed by atoms with Gasteiger partial charge in [-0.3, -0.25) is 4.79 Å². The highest BCUT2D eigenvalue weighted by molar-refractivity contribution is 6.30. The molecule has 0 radical (unpaired) electrons. The molecule has 210 valence electrons. The van der Waals surface area contributed by atoms with Crippen LogP contribution in [0.1, 0.15) is 32.0 Å². The molecule has 1 saturated heterocycles. The number of rotatable bonds is 6. The van der Waals surface area contributed by atoms with E-state index in [0.717, 1.165) is 17.7 Å². The van der Waals surface area contributed by atoms with Gasteiger partial charge in [0.25, 0.3) is 5.56 Å². The lowest BCUT2D eigenvalue weighted by Gasteiger charge is -2.35. The van der Waals surface area contributed by atoms with E-state index in [9.17, 15) is 9.59 Å². The number of hydrogen-bond donors (Lipinski definition) is 3. The van der Waals surface area contributed by atoms with Crippen LogP contribution in [0.15, 0.2) is 41.3 Å². The first kappa shape index (κ1) is 27.4. The number of H-pyrrole nitrogens is 2. The van der Waals surface area contributed by atoms with Crippen molar-refractivity contribution in [2.75, 3.05) is 42.9 Å². The van der Waals surface area contributed by atoms with Gasteiger partial charge in [0, 0.05) is 43.9 Å². The first-order valence-electron chi connectivity index (χ1n) is 13.2. The summed E-state index contributed by atoms with van der Waals surface area (Å²) in [5, 5.41) is 4.05. The van der Waals surface area contributed by atoms with Crippen molar-refractivity contribution in [2.45, 2.75) is 39.7 Å². The lowest BCUT2D eigenvalue weighted by Crippen LogP contribution is -2.50. The molecule has 4 heterocycles. The molecule has 11 nitrogen and oxygen atoms in total. The maximum absolute atomic E-state index is 12.9. The van der Waals surface area contributed by atoms with Crippen LogP contribution in [0.4, 0.5) is 16.4 Å². The summed E-state index contributed by atoms with van der Waals surface area (Å²) in [6.07, 6.45) is 2.03. The molecule has 0 spiro atoms. The first-order chi connectivity index (χ1) is 19.1. The molecule has 0 atom stereocenters. The lowest BCUT2D eigenvalue weighted by atomic mass is 10.1. The van der Waals surface area contributed by atoms with Gasteiger partial charge in [-0.05, 0) is 57.9 Å². The largest absolute Gasteiger partial charge is 0.444 e. The smallest absolute Gasteiger partial charge is 0.410 e. The van der Waals surface area contributed by atoms with Gasteiger partial charge in [0.05, 0.1) is 11.4 Å². The molecule has 1 amide bonds. The quantitative estimate of drug-likeness (QED) is 0.314. The Hall–Kier alpha value is -4.12. The number of aromatic amines is 2. The van der Waals surface area contributed by atoms with Gasteiger partial charge in [0.15, 0.2) is 5.65 Å². The van der Waals surface area contributed by atoms with E-state index in [1.807, 2.05) is 62.9 Å². The van der Waals surface area contributed by atoms with E-state index in [1.54, 1.807) is 11.1 Å². The Bertz CT molecular complexity index is 1580. The van der Waals surface area contributed by atoms with Crippen molar-refractivity contribution < 1.29 is 9.53 Å². The maximum atomic E-state index is 12.9. The monoisotopic (exact) mass is 564 g/mol. The summed E-state index contributed by atoms with van der Waals surface area (Å²) in [6, 6.07) is 9.52. The van der Waals surface area contributed by atoms with Gasteiger partial charge in [-0.1, -0.05) is 23.7 Å². The van der Waals surface area contributed by atoms with Crippen molar-refractivity contribution in [1.29, 1.82) is 0 Å². The van der Waals surface area contributed by atoms with Gasteiger partial charge in [-0.25, -0.2) is 14.8 Å². The number of hydrogen-bond acceptors (Lipinski definition) is 8. The Labute approximate surface area is 236 Å². The van der Waals surface area contributed by atoms with Gasteiger partial charge in [-0.15, -0.1) is 0 Å². The van der Waals surface area contributed by atoms with Crippen LogP contribution in [0.3, 0.4) is 0 Å². The third-order valence-corrected chi connectivity index (χ3v) is 6.79. The molecule has 1 fully saturated rings. The Morgan fingerprint density at radius 3 is 2.62 bits per heavy atom. The fraction of sp³-hybridized carbons (Fsp3) is 0.393. The third kappa shape index (κ3) is 6.20. The fourth-order valence-corrected chi connectivity index (χ4v) is 4.81. The van der Waals surface area contributed by atoms with Crippen molar-refractivity contribution in [3.63, 3.8) is 0 Å². The van der Waals surface area contributed by atoms with Crippen molar-refractivity contribution in [3.8, 4) is 11.4 Å². The van der Waals surface area contributed by atoms with Crippen molar-refractivity contribution >= 4 is 40.5 Å². The number of halogens is 1. The van der Waals surface area contributed by atoms with Crippen LogP contribution in [0.5, 0.6) is 0 Å². The molecule has 0 unspecified atom stereocenters. The highest BCUT2D eigenvalue weighted by Crippen LogP contribution is 2.26. The third-order valence-electron chi connectivity index (χ3n) is 6.55. The Kier molecular flexibility index (Phi) is 7.66. The molecule has 0 aliphatic carbocycles. The number of pyridine rings is 1. The Morgan fingerprint density at radius 2 is 1.90 bits per heavy atom. The molecule has 40 heavy (non-hydrogen) atoms. The molecular formula is C28H33ClN8O3. The van der Waals surface area contributed by atoms with Crippen molar-refractivity contribution in [2.24, 2.45) is 0 Å². The standard InChI is InChI=1S/C28H33ClN8O3/c1-17-22-24(35-26(32-17)36-12-14-37(15-13-36)27(39)40-28(2,3)4)34-23(33-22)21-20(9-11-31-25(21)38)30-10-8-18-6-5-7-19(29)16-18/h5-7,9,11,16H,8,10,12-15H2,1-4H3,(H2,30,31,38)(H,32,33,34,35). The van der Waals surface area contributed by atoms with Gasteiger partial charge < -0.3 is 29.8 Å². The van der Waals surface area contributed by atoms with E-state index in [0.29, 0.717) is 71.9 Å². The summed E-state index contributed by atoms with van der Waals surface area (Å²) in [7, 11) is 0. The predicted molar refractivity (Wildman–Crippen MR) is 156 cm³/mol. The molecule has 0 saturated carbocycles. The zero-order valence-corrected chi connectivity index (χ0v) is 23.8. The molecule has 12 heteroatoms. The molecule has 1 aromatic carbocycles. The summed E-state index contributed by atoms with van der Waals surface area (Å²) < 4.78 is 5.50. The second-order valence-electron chi connectivity index (χ2n) is 10.7. The maximum Gasteiger partial charge on any atom is 0.410 e. The molecule has 3 N–H and O–H groups in total. The summed E-state index contributed by atoms with van der Waals surface area (Å²) in [6.45, 7) is 10.2. The number of carbonyl (C=O) groups excluding carboxylic acids is 1. The number of amides is 1. The van der Waals surface area contributed by atoms with Gasteiger partial charge >= 0.3 is 6.09 Å². The Morgan fingerprint density at radius 1 is 1.12 bits per heavy atom. The van der Waals surface area contributed by atoms with E-state index in [4.69, 9.17) is 26.3 Å². The molecule has 5 rings (SSSR count). The number of fused-ring (bicyclic) bond motifs is 1. The van der Waals surface area contributed by atoms with Crippen molar-refractivity contribution in [1.82, 2.24) is 29.8 Å². The summed E-state index contributed by atoms with van der Waals surface area (Å²) in [5.74, 6) is 0.945. The average Bonchev–Trinajstić information content (AvgIpc) is 3.32. The highest BCUT2D eigenvalue weighted by atomic mass is 35.5. The average molecular weight is 565 g/mol. The van der Waals surface area contributed by atoms with E-state index < -0.39 is 5.60 Å². The molecule has 1 aliphatic rings. The van der Waals surface area contributed by atoms with Gasteiger partial charge in [-0.2, -0.15) is 4.98 Å². The van der Waals surface area contributed by atoms with E-state index in [-0.39, 0.29) is 11.7 Å². The van der Waals surface area contributed by atoms with E-state index in [2.05, 4.69) is 20.3 Å². The number of anilines is 2. The van der Waals surface area contributed by atoms with Crippen LogP contribution in [-0.4, -0.2) is 74.2 Å². The zero-order valence-electron chi connectivity index (χ0n) is 23.0. The topological polar surface area (TPSA) is 132 Å². The van der Waals surface area contributed by atoms with Crippen LogP contribution in [0, 0.1) is 6.92 Å². The van der Waals surface area contributed by atoms with Gasteiger partial charge in [0.2, 0.25) is 5.95 Å². The number of benzene rings is 1. The Balaban J connectivity index is 1.34. The van der Waals surface area contributed by atoms with Gasteiger partial charge in [0.1, 0.15) is 22.5 Å². The zero-order chi connectivity index (χ0) is 28.4. The van der Waals surface area contributed by atoms with Crippen LogP contribution < -0.4 is 15.8 Å². The summed E-state index contributed by atoms with van der Waals surface area (Å²) in [5.41, 5.74) is 3.21. The van der Waals surface area contributed by atoms with Crippen LogP contribution >= 0.6 is 11.6 Å². The first-order valence-corrected chi connectivity index (χ1v) is 13.6. The number of carbonyl (C=O) groups is 1. The number of piperazine rings is 1. The number of nitrogens with zero attached hydrogens (tertiary/aromatic N) is 5. The van der Waals surface area contributed by atoms with E-state index >= 15 is 0 Å². The minimum atomic E-state index is -0.539. The van der Waals surface area contributed by atoms with Crippen LogP contribution in [-0.2, 0) is 11.2 Å². The number of aromatic nitrogens is 5. The molecule has 4 aromatic rings. The van der Waals surface area contributed by atoms with E-state index in [1.165, 1.54) is 0 Å². The SMILES string of the molecule is Cc1nc(N2CCN(C(=O)OC(C)(C)C)CC2)nc2nc(-c3c(NCCc4cccc(Cl)c4)cc[nH]c3=O)[nH]c12. The highest BCUT2D eigenvalue weighted by Gasteiger charge is 2.27. The molecule has 0 bridgehead atoms. The minimum absolute atomic E-state index is 0.268. The lowest BCUT2D eigenvalue weighted by molar-refractivity contribution is 0.0240. The van der Waals surface area contributed by atoms with Crippen LogP contribution in [0.2, 0.25) is 5.02 Å². The fourth-order valence-electron chi connectivity index (χ4n) is 4.59. The second-order valence-corrected chi connectivity index (χ2v) is 11.2. The normalized spacial score (nSPS) is 14.0. The molecular weight excluding hydrogens is 532 g/mol. The predicted octanol–water partition coefficient (Wildman–Crippen LogP) is 4.38. The summed E-state index contributed by atoms with van der Waals surface area (Å²) >= 11 is 6.11. The second kappa shape index (κ2) is 11.2. The molecule has 1 aliphatic heterocycles. The molecule has 3 aromatic heterocycles. The number of aryl methyl sites for hydroxylation is 1.